The molecular weight excluding hydrogens is 385 g/mol. The molecule has 1 atom stereocenters. The molecule has 18 heavy (non-hydrogen) atoms. The van der Waals surface area contributed by atoms with Gasteiger partial charge in [-0.25, -0.2) is 0 Å². The normalized spacial score (nSPS) is 12.4. The van der Waals surface area contributed by atoms with Gasteiger partial charge in [-0.1, -0.05) is 41.4 Å². The molecule has 0 aliphatic heterocycles. The first-order chi connectivity index (χ1) is 8.36. The highest BCUT2D eigenvalue weighted by Gasteiger charge is 2.20. The number of ether oxygens (including phenoxy) is 1. The van der Waals surface area contributed by atoms with E-state index in [0.29, 0.717) is 20.9 Å². The third kappa shape index (κ3) is 3.87. The van der Waals surface area contributed by atoms with Gasteiger partial charge in [-0.15, -0.1) is 0 Å². The Bertz CT molecular complexity index is 452. The van der Waals surface area contributed by atoms with Crippen LogP contribution >= 0.6 is 43.5 Å². The Balaban J connectivity index is 3.00. The van der Waals surface area contributed by atoms with Crippen LogP contribution in [0.5, 0.6) is 5.75 Å². The predicted molar refractivity (Wildman–Crippen MR) is 81.9 cm³/mol. The summed E-state index contributed by atoms with van der Waals surface area (Å²) in [4.78, 5) is 11.7. The predicted octanol–water partition coefficient (Wildman–Crippen LogP) is 4.47. The van der Waals surface area contributed by atoms with E-state index in [1.807, 2.05) is 13.8 Å². The molecule has 1 N–H and O–H groups in total. The van der Waals surface area contributed by atoms with Gasteiger partial charge in [-0.2, -0.15) is 0 Å². The minimum Gasteiger partial charge on any atom is -0.493 e. The van der Waals surface area contributed by atoms with Gasteiger partial charge < -0.3 is 10.1 Å². The summed E-state index contributed by atoms with van der Waals surface area (Å²) in [6.45, 7) is 3.92. The van der Waals surface area contributed by atoms with Crippen molar-refractivity contribution in [3.8, 4) is 5.75 Å². The van der Waals surface area contributed by atoms with Crippen LogP contribution in [-0.2, 0) is 4.79 Å². The van der Waals surface area contributed by atoms with E-state index in [4.69, 9.17) is 16.3 Å². The van der Waals surface area contributed by atoms with Gasteiger partial charge in [0.2, 0.25) is 5.91 Å². The summed E-state index contributed by atoms with van der Waals surface area (Å²) in [5.41, 5.74) is 0.548. The largest absolute Gasteiger partial charge is 0.493 e. The molecular formula is C12H14Br2ClNO2. The molecule has 1 aromatic carbocycles. The van der Waals surface area contributed by atoms with E-state index in [0.717, 1.165) is 0 Å². The second-order valence-electron chi connectivity index (χ2n) is 4.10. The van der Waals surface area contributed by atoms with Gasteiger partial charge in [-0.05, 0) is 34.0 Å². The summed E-state index contributed by atoms with van der Waals surface area (Å²) in [6.07, 6.45) is 0. The molecule has 0 radical (unpaired) electrons. The summed E-state index contributed by atoms with van der Waals surface area (Å²) in [5.74, 6) is 0.618. The Hall–Kier alpha value is -0.260. The summed E-state index contributed by atoms with van der Waals surface area (Å²) in [6, 6.07) is 3.37. The van der Waals surface area contributed by atoms with E-state index in [2.05, 4.69) is 37.2 Å². The fraction of sp³-hybridized carbons (Fsp3) is 0.417. The van der Waals surface area contributed by atoms with Crippen LogP contribution < -0.4 is 10.1 Å². The summed E-state index contributed by atoms with van der Waals surface area (Å²) in [5, 5.41) is 3.32. The summed E-state index contributed by atoms with van der Waals surface area (Å²) >= 11 is 12.6. The van der Waals surface area contributed by atoms with E-state index in [9.17, 15) is 4.79 Å². The van der Waals surface area contributed by atoms with Crippen molar-refractivity contribution in [3.63, 3.8) is 0 Å². The second kappa shape index (κ2) is 6.78. The van der Waals surface area contributed by atoms with E-state index < -0.39 is 0 Å². The maximum atomic E-state index is 12.0. The number of nitrogens with one attached hydrogen (secondary N) is 1. The van der Waals surface area contributed by atoms with Crippen molar-refractivity contribution in [2.45, 2.75) is 18.7 Å². The lowest BCUT2D eigenvalue weighted by Crippen LogP contribution is -2.27. The van der Waals surface area contributed by atoms with E-state index in [1.165, 1.54) is 7.11 Å². The molecule has 0 fully saturated rings. The standard InChI is InChI=1S/C12H14Br2ClNO2/c1-6(2)10(14)12(17)16-9-5-7(15)4-8(13)11(9)18-3/h4-6,10H,1-3H3,(H,16,17). The van der Waals surface area contributed by atoms with Gasteiger partial charge >= 0.3 is 0 Å². The van der Waals surface area contributed by atoms with Gasteiger partial charge in [0.1, 0.15) is 0 Å². The molecule has 0 saturated heterocycles. The van der Waals surface area contributed by atoms with Crippen molar-refractivity contribution in [2.75, 3.05) is 12.4 Å². The summed E-state index contributed by atoms with van der Waals surface area (Å²) in [7, 11) is 1.54. The van der Waals surface area contributed by atoms with Gasteiger partial charge in [0.15, 0.2) is 5.75 Å². The molecule has 0 aromatic heterocycles. The highest BCUT2D eigenvalue weighted by Crippen LogP contribution is 2.36. The highest BCUT2D eigenvalue weighted by molar-refractivity contribution is 9.10. The molecule has 1 aromatic rings. The molecule has 0 heterocycles. The topological polar surface area (TPSA) is 38.3 Å². The lowest BCUT2D eigenvalue weighted by Gasteiger charge is -2.16. The Morgan fingerprint density at radius 3 is 2.56 bits per heavy atom. The van der Waals surface area contributed by atoms with Crippen molar-refractivity contribution in [3.05, 3.63) is 21.6 Å². The van der Waals surface area contributed by atoms with Crippen molar-refractivity contribution in [2.24, 2.45) is 5.92 Å². The number of methoxy groups -OCH3 is 1. The number of halogens is 3. The lowest BCUT2D eigenvalue weighted by molar-refractivity contribution is -0.116. The molecule has 6 heteroatoms. The number of anilines is 1. The monoisotopic (exact) mass is 397 g/mol. The van der Waals surface area contributed by atoms with Crippen molar-refractivity contribution >= 4 is 55.1 Å². The zero-order chi connectivity index (χ0) is 13.9. The van der Waals surface area contributed by atoms with Crippen molar-refractivity contribution in [1.29, 1.82) is 0 Å². The minimum atomic E-state index is -0.264. The molecule has 0 aliphatic rings. The zero-order valence-electron chi connectivity index (χ0n) is 10.3. The molecule has 1 rings (SSSR count). The smallest absolute Gasteiger partial charge is 0.238 e. The number of carbonyl (C=O) groups is 1. The van der Waals surface area contributed by atoms with Crippen molar-refractivity contribution in [1.82, 2.24) is 0 Å². The third-order valence-corrected chi connectivity index (χ3v) is 4.59. The van der Waals surface area contributed by atoms with Crippen molar-refractivity contribution < 1.29 is 9.53 Å². The van der Waals surface area contributed by atoms with Crippen LogP contribution in [0.25, 0.3) is 0 Å². The van der Waals surface area contributed by atoms with Crippen LogP contribution in [0.15, 0.2) is 16.6 Å². The first-order valence-corrected chi connectivity index (χ1v) is 7.43. The average molecular weight is 400 g/mol. The quantitative estimate of drug-likeness (QED) is 0.759. The molecule has 100 valence electrons. The molecule has 3 nitrogen and oxygen atoms in total. The molecule has 0 saturated carbocycles. The highest BCUT2D eigenvalue weighted by atomic mass is 79.9. The molecule has 1 amide bonds. The molecule has 0 spiro atoms. The lowest BCUT2D eigenvalue weighted by atomic mass is 10.1. The van der Waals surface area contributed by atoms with Crippen LogP contribution in [0.4, 0.5) is 5.69 Å². The van der Waals surface area contributed by atoms with Crippen LogP contribution in [0.2, 0.25) is 5.02 Å². The van der Waals surface area contributed by atoms with Crippen LogP contribution in [0.1, 0.15) is 13.8 Å². The summed E-state index contributed by atoms with van der Waals surface area (Å²) < 4.78 is 5.93. The van der Waals surface area contributed by atoms with E-state index in [1.54, 1.807) is 12.1 Å². The number of carbonyl (C=O) groups excluding carboxylic acids is 1. The second-order valence-corrected chi connectivity index (χ2v) is 6.38. The Morgan fingerprint density at radius 2 is 2.06 bits per heavy atom. The van der Waals surface area contributed by atoms with E-state index >= 15 is 0 Å². The zero-order valence-corrected chi connectivity index (χ0v) is 14.2. The van der Waals surface area contributed by atoms with Crippen LogP contribution in [0.3, 0.4) is 0 Å². The molecule has 0 bridgehead atoms. The maximum absolute atomic E-state index is 12.0. The molecule has 1 unspecified atom stereocenters. The number of alkyl halides is 1. The van der Waals surface area contributed by atoms with Gasteiger partial charge in [0.05, 0.1) is 22.1 Å². The number of amides is 1. The Labute approximate surface area is 128 Å². The number of rotatable bonds is 4. The van der Waals surface area contributed by atoms with Crippen LogP contribution in [-0.4, -0.2) is 17.8 Å². The first kappa shape index (κ1) is 15.8. The minimum absolute atomic E-state index is 0.127. The van der Waals surface area contributed by atoms with E-state index in [-0.39, 0.29) is 16.7 Å². The Kier molecular flexibility index (Phi) is 5.95. The number of hydrogen-bond acceptors (Lipinski definition) is 2. The Morgan fingerprint density at radius 1 is 1.44 bits per heavy atom. The molecule has 0 aliphatic carbocycles. The average Bonchev–Trinajstić information content (AvgIpc) is 2.27. The number of benzene rings is 1. The fourth-order valence-electron chi connectivity index (χ4n) is 1.37. The fourth-order valence-corrected chi connectivity index (χ4v) is 2.45. The first-order valence-electron chi connectivity index (χ1n) is 5.34. The number of hydrogen-bond donors (Lipinski definition) is 1. The third-order valence-electron chi connectivity index (χ3n) is 2.31. The maximum Gasteiger partial charge on any atom is 0.238 e. The van der Waals surface area contributed by atoms with Gasteiger partial charge in [0.25, 0.3) is 0 Å². The van der Waals surface area contributed by atoms with Gasteiger partial charge in [-0.3, -0.25) is 4.79 Å². The van der Waals surface area contributed by atoms with Crippen LogP contribution in [0, 0.1) is 5.92 Å². The van der Waals surface area contributed by atoms with Gasteiger partial charge in [0, 0.05) is 5.02 Å². The SMILES string of the molecule is COc1c(Br)cc(Cl)cc1NC(=O)C(Br)C(C)C.